The summed E-state index contributed by atoms with van der Waals surface area (Å²) >= 11 is 11.4. The molecule has 160 valence electrons. The number of ether oxygens (including phenoxy) is 1. The standard InChI is InChI=1S/C27H20Br2O2S/c1-2-30-21-9-3-17(4-10-21)27(18-5-11-22(31-32)12-6-18)25-15-19(28)7-13-23(25)24-14-8-20(29)16-26(24)27/h3-16,32H,2H2,1H3. The van der Waals surface area contributed by atoms with Crippen molar-refractivity contribution < 1.29 is 8.92 Å². The number of benzene rings is 4. The maximum absolute atomic E-state index is 5.73. The van der Waals surface area contributed by atoms with E-state index in [0.717, 1.165) is 20.3 Å². The van der Waals surface area contributed by atoms with Crippen molar-refractivity contribution in [1.29, 1.82) is 0 Å². The highest BCUT2D eigenvalue weighted by Crippen LogP contribution is 2.57. The highest BCUT2D eigenvalue weighted by Gasteiger charge is 2.46. The molecule has 0 fully saturated rings. The largest absolute Gasteiger partial charge is 0.494 e. The van der Waals surface area contributed by atoms with Gasteiger partial charge in [0.2, 0.25) is 0 Å². The predicted molar refractivity (Wildman–Crippen MR) is 140 cm³/mol. The van der Waals surface area contributed by atoms with Crippen molar-refractivity contribution >= 4 is 44.8 Å². The number of thiol groups is 1. The van der Waals surface area contributed by atoms with E-state index in [2.05, 4.69) is 118 Å². The first-order chi connectivity index (χ1) is 15.6. The Balaban J connectivity index is 1.88. The van der Waals surface area contributed by atoms with E-state index >= 15 is 0 Å². The van der Waals surface area contributed by atoms with Gasteiger partial charge in [0.15, 0.2) is 0 Å². The van der Waals surface area contributed by atoms with Crippen molar-refractivity contribution in [3.8, 4) is 22.6 Å². The number of rotatable bonds is 5. The second-order valence-corrected chi connectivity index (χ2v) is 9.72. The number of fused-ring (bicyclic) bond motifs is 3. The Morgan fingerprint density at radius 3 is 1.59 bits per heavy atom. The Kier molecular flexibility index (Phi) is 5.82. The summed E-state index contributed by atoms with van der Waals surface area (Å²) in [6.45, 7) is 2.64. The minimum atomic E-state index is -0.488. The third-order valence-corrected chi connectivity index (χ3v) is 7.25. The molecule has 0 bridgehead atoms. The maximum Gasteiger partial charge on any atom is 0.137 e. The number of halogens is 2. The highest BCUT2D eigenvalue weighted by molar-refractivity contribution is 9.10. The molecule has 0 spiro atoms. The van der Waals surface area contributed by atoms with Crippen LogP contribution in [-0.4, -0.2) is 6.61 Å². The molecule has 32 heavy (non-hydrogen) atoms. The van der Waals surface area contributed by atoms with Gasteiger partial charge in [-0.1, -0.05) is 68.3 Å². The third-order valence-electron chi connectivity index (χ3n) is 6.05. The average Bonchev–Trinajstić information content (AvgIpc) is 3.09. The summed E-state index contributed by atoms with van der Waals surface area (Å²) in [5.41, 5.74) is 6.80. The van der Waals surface area contributed by atoms with Gasteiger partial charge in [0, 0.05) is 21.9 Å². The Morgan fingerprint density at radius 1 is 0.688 bits per heavy atom. The van der Waals surface area contributed by atoms with Crippen LogP contribution in [0.5, 0.6) is 11.5 Å². The zero-order valence-electron chi connectivity index (χ0n) is 17.3. The first-order valence-corrected chi connectivity index (χ1v) is 12.3. The summed E-state index contributed by atoms with van der Waals surface area (Å²) in [5.74, 6) is 1.58. The molecule has 5 rings (SSSR count). The molecule has 0 heterocycles. The molecule has 1 aliphatic rings. The molecule has 0 saturated carbocycles. The molecule has 4 aromatic carbocycles. The van der Waals surface area contributed by atoms with E-state index in [1.54, 1.807) is 0 Å². The molecule has 0 N–H and O–H groups in total. The number of hydrogen-bond acceptors (Lipinski definition) is 3. The Labute approximate surface area is 210 Å². The molecule has 0 amide bonds. The van der Waals surface area contributed by atoms with Gasteiger partial charge in [-0.25, -0.2) is 0 Å². The maximum atomic E-state index is 5.73. The van der Waals surface area contributed by atoms with Crippen LogP contribution < -0.4 is 8.92 Å². The van der Waals surface area contributed by atoms with Crippen LogP contribution in [0.1, 0.15) is 29.2 Å². The van der Waals surface area contributed by atoms with E-state index in [-0.39, 0.29) is 0 Å². The van der Waals surface area contributed by atoms with E-state index in [1.807, 2.05) is 19.1 Å². The molecular formula is C27H20Br2O2S. The smallest absolute Gasteiger partial charge is 0.137 e. The zero-order valence-corrected chi connectivity index (χ0v) is 21.4. The molecule has 0 unspecified atom stereocenters. The van der Waals surface area contributed by atoms with Gasteiger partial charge < -0.3 is 8.92 Å². The minimum Gasteiger partial charge on any atom is -0.494 e. The minimum absolute atomic E-state index is 0.488. The van der Waals surface area contributed by atoms with E-state index in [9.17, 15) is 0 Å². The van der Waals surface area contributed by atoms with Crippen molar-refractivity contribution in [2.75, 3.05) is 6.61 Å². The predicted octanol–water partition coefficient (Wildman–Crippen LogP) is 8.20. The molecule has 5 heteroatoms. The monoisotopic (exact) mass is 566 g/mol. The summed E-state index contributed by atoms with van der Waals surface area (Å²) in [5, 5.41) is 0. The third kappa shape index (κ3) is 3.38. The van der Waals surface area contributed by atoms with Crippen molar-refractivity contribution in [2.24, 2.45) is 0 Å². The van der Waals surface area contributed by atoms with Gasteiger partial charge in [-0.15, -0.1) is 0 Å². The van der Waals surface area contributed by atoms with Crippen LogP contribution in [0.4, 0.5) is 0 Å². The lowest BCUT2D eigenvalue weighted by atomic mass is 9.68. The lowest BCUT2D eigenvalue weighted by Crippen LogP contribution is -2.28. The normalized spacial score (nSPS) is 13.4. The van der Waals surface area contributed by atoms with Crippen LogP contribution in [-0.2, 0) is 5.41 Å². The SMILES string of the molecule is CCOc1ccc(C2(c3ccc(OS)cc3)c3cc(Br)ccc3-c3ccc(Br)cc32)cc1. The van der Waals surface area contributed by atoms with E-state index < -0.39 is 5.41 Å². The van der Waals surface area contributed by atoms with E-state index in [4.69, 9.17) is 8.92 Å². The first kappa shape index (κ1) is 21.6. The lowest BCUT2D eigenvalue weighted by Gasteiger charge is -2.34. The number of hydrogen-bond donors (Lipinski definition) is 1. The Hall–Kier alpha value is -2.21. The fourth-order valence-corrected chi connectivity index (χ4v) is 5.63. The van der Waals surface area contributed by atoms with Gasteiger partial charge >= 0.3 is 0 Å². The molecule has 4 aromatic rings. The van der Waals surface area contributed by atoms with E-state index in [0.29, 0.717) is 12.4 Å². The van der Waals surface area contributed by atoms with Gasteiger partial charge in [0.05, 0.1) is 12.0 Å². The second kappa shape index (κ2) is 8.62. The van der Waals surface area contributed by atoms with E-state index in [1.165, 1.54) is 27.8 Å². The summed E-state index contributed by atoms with van der Waals surface area (Å²) in [4.78, 5) is 0. The molecule has 0 aromatic heterocycles. The molecule has 0 saturated heterocycles. The van der Waals surface area contributed by atoms with Crippen molar-refractivity contribution in [2.45, 2.75) is 12.3 Å². The van der Waals surface area contributed by atoms with Crippen molar-refractivity contribution in [1.82, 2.24) is 0 Å². The van der Waals surface area contributed by atoms with Crippen molar-refractivity contribution in [3.63, 3.8) is 0 Å². The average molecular weight is 568 g/mol. The first-order valence-electron chi connectivity index (χ1n) is 10.3. The van der Waals surface area contributed by atoms with Crippen LogP contribution >= 0.6 is 44.8 Å². The molecule has 2 nitrogen and oxygen atoms in total. The topological polar surface area (TPSA) is 18.5 Å². The second-order valence-electron chi connectivity index (χ2n) is 7.70. The molecule has 0 radical (unpaired) electrons. The lowest BCUT2D eigenvalue weighted by molar-refractivity contribution is 0.340. The molecular weight excluding hydrogens is 548 g/mol. The molecule has 0 atom stereocenters. The quantitative estimate of drug-likeness (QED) is 0.170. The van der Waals surface area contributed by atoms with Crippen LogP contribution in [0.15, 0.2) is 93.9 Å². The van der Waals surface area contributed by atoms with Crippen molar-refractivity contribution in [3.05, 3.63) is 116 Å². The summed E-state index contributed by atoms with van der Waals surface area (Å²) in [6, 6.07) is 29.7. The fourth-order valence-electron chi connectivity index (χ4n) is 4.79. The van der Waals surface area contributed by atoms with Crippen LogP contribution in [0.2, 0.25) is 0 Å². The van der Waals surface area contributed by atoms with Gasteiger partial charge in [0.1, 0.15) is 11.5 Å². The summed E-state index contributed by atoms with van der Waals surface area (Å²) in [7, 11) is 0. The van der Waals surface area contributed by atoms with Gasteiger partial charge in [-0.3, -0.25) is 0 Å². The van der Waals surface area contributed by atoms with Crippen LogP contribution in [0.25, 0.3) is 11.1 Å². The Morgan fingerprint density at radius 2 is 1.16 bits per heavy atom. The van der Waals surface area contributed by atoms with Crippen LogP contribution in [0.3, 0.4) is 0 Å². The molecule has 1 aliphatic carbocycles. The summed E-state index contributed by atoms with van der Waals surface area (Å²) in [6.07, 6.45) is 0. The van der Waals surface area contributed by atoms with Gasteiger partial charge in [-0.05, 0) is 88.8 Å². The van der Waals surface area contributed by atoms with Crippen LogP contribution in [0, 0.1) is 0 Å². The zero-order chi connectivity index (χ0) is 22.3. The molecule has 0 aliphatic heterocycles. The fraction of sp³-hybridized carbons (Fsp3) is 0.111. The van der Waals surface area contributed by atoms with Gasteiger partial charge in [0.25, 0.3) is 0 Å². The van der Waals surface area contributed by atoms with Gasteiger partial charge in [-0.2, -0.15) is 0 Å². The Bertz CT molecular complexity index is 1230. The summed E-state index contributed by atoms with van der Waals surface area (Å²) < 4.78 is 13.0. The highest BCUT2D eigenvalue weighted by atomic mass is 79.9.